The molecule has 0 N–H and O–H groups in total. The van der Waals surface area contributed by atoms with Gasteiger partial charge in [0.25, 0.3) is 0 Å². The summed E-state index contributed by atoms with van der Waals surface area (Å²) in [5.74, 6) is -0.724. The third-order valence-corrected chi connectivity index (χ3v) is 3.90. The van der Waals surface area contributed by atoms with E-state index < -0.39 is 0 Å². The van der Waals surface area contributed by atoms with Crippen molar-refractivity contribution >= 4 is 11.9 Å². The fourth-order valence-electron chi connectivity index (χ4n) is 2.48. The van der Waals surface area contributed by atoms with Crippen molar-refractivity contribution in [2.24, 2.45) is 0 Å². The average Bonchev–Trinajstić information content (AvgIpc) is 2.58. The molecular weight excluding hydrogens is 304 g/mol. The Morgan fingerprint density at radius 3 is 2.00 bits per heavy atom. The van der Waals surface area contributed by atoms with Gasteiger partial charge in [-0.25, -0.2) is 9.59 Å². The standard InChI is InChI=1S/C20H30O4/c1-4-6-7-8-9-10-11-16(3)24-20(22)18-14-12-17(13-15-18)19(21)23-5-2/h12-16H,4-11H2,1-3H3. The van der Waals surface area contributed by atoms with Crippen molar-refractivity contribution < 1.29 is 19.1 Å². The minimum absolute atomic E-state index is 0.0894. The molecule has 1 unspecified atom stereocenters. The van der Waals surface area contributed by atoms with Crippen LogP contribution < -0.4 is 0 Å². The first-order valence-corrected chi connectivity index (χ1v) is 9.06. The summed E-state index contributed by atoms with van der Waals surface area (Å²) in [5.41, 5.74) is 0.895. The van der Waals surface area contributed by atoms with Gasteiger partial charge >= 0.3 is 11.9 Å². The molecule has 0 heterocycles. The van der Waals surface area contributed by atoms with E-state index in [1.54, 1.807) is 31.2 Å². The van der Waals surface area contributed by atoms with Gasteiger partial charge in [-0.05, 0) is 51.0 Å². The minimum Gasteiger partial charge on any atom is -0.462 e. The summed E-state index contributed by atoms with van der Waals surface area (Å²) < 4.78 is 10.4. The van der Waals surface area contributed by atoms with Crippen LogP contribution in [0.1, 0.15) is 86.4 Å². The van der Waals surface area contributed by atoms with Crippen LogP contribution in [0.15, 0.2) is 24.3 Å². The molecule has 0 bridgehead atoms. The minimum atomic E-state index is -0.381. The topological polar surface area (TPSA) is 52.6 Å². The average molecular weight is 334 g/mol. The second-order valence-corrected chi connectivity index (χ2v) is 6.07. The maximum absolute atomic E-state index is 12.1. The van der Waals surface area contributed by atoms with Crippen molar-refractivity contribution in [1.29, 1.82) is 0 Å². The fourth-order valence-corrected chi connectivity index (χ4v) is 2.48. The van der Waals surface area contributed by atoms with E-state index in [2.05, 4.69) is 6.92 Å². The number of benzene rings is 1. The molecule has 0 saturated carbocycles. The van der Waals surface area contributed by atoms with Crippen LogP contribution in [0.4, 0.5) is 0 Å². The van der Waals surface area contributed by atoms with Gasteiger partial charge in [0.15, 0.2) is 0 Å². The van der Waals surface area contributed by atoms with E-state index in [9.17, 15) is 9.59 Å². The Bertz CT molecular complexity index is 493. The van der Waals surface area contributed by atoms with E-state index in [-0.39, 0.29) is 18.0 Å². The zero-order chi connectivity index (χ0) is 17.8. The summed E-state index contributed by atoms with van der Waals surface area (Å²) in [6.07, 6.45) is 8.17. The summed E-state index contributed by atoms with van der Waals surface area (Å²) in [7, 11) is 0. The lowest BCUT2D eigenvalue weighted by Gasteiger charge is -2.13. The molecule has 1 rings (SSSR count). The summed E-state index contributed by atoms with van der Waals surface area (Å²) in [4.78, 5) is 23.7. The second-order valence-electron chi connectivity index (χ2n) is 6.07. The van der Waals surface area contributed by atoms with Crippen LogP contribution in [-0.2, 0) is 9.47 Å². The molecule has 4 nitrogen and oxygen atoms in total. The number of esters is 2. The highest BCUT2D eigenvalue weighted by molar-refractivity contribution is 5.93. The Labute approximate surface area is 145 Å². The first-order chi connectivity index (χ1) is 11.6. The summed E-state index contributed by atoms with van der Waals surface area (Å²) >= 11 is 0. The number of hydrogen-bond donors (Lipinski definition) is 0. The van der Waals surface area contributed by atoms with Crippen molar-refractivity contribution in [3.8, 4) is 0 Å². The van der Waals surface area contributed by atoms with Gasteiger partial charge in [-0.2, -0.15) is 0 Å². The Morgan fingerprint density at radius 1 is 0.875 bits per heavy atom. The van der Waals surface area contributed by atoms with E-state index in [0.29, 0.717) is 17.7 Å². The highest BCUT2D eigenvalue weighted by atomic mass is 16.5. The van der Waals surface area contributed by atoms with Gasteiger partial charge in [0.05, 0.1) is 23.8 Å². The van der Waals surface area contributed by atoms with E-state index in [1.807, 2.05) is 6.92 Å². The van der Waals surface area contributed by atoms with Crippen molar-refractivity contribution in [2.75, 3.05) is 6.61 Å². The second kappa shape index (κ2) is 11.7. The Hall–Kier alpha value is -1.84. The van der Waals surface area contributed by atoms with Gasteiger partial charge in [0.2, 0.25) is 0 Å². The van der Waals surface area contributed by atoms with Crippen LogP contribution in [-0.4, -0.2) is 24.6 Å². The molecular formula is C20H30O4. The van der Waals surface area contributed by atoms with Gasteiger partial charge in [0, 0.05) is 0 Å². The van der Waals surface area contributed by atoms with Crippen LogP contribution in [0.3, 0.4) is 0 Å². The Kier molecular flexibility index (Phi) is 9.81. The molecule has 4 heteroatoms. The zero-order valence-electron chi connectivity index (χ0n) is 15.2. The number of ether oxygens (including phenoxy) is 2. The molecule has 1 aromatic rings. The van der Waals surface area contributed by atoms with E-state index in [4.69, 9.17) is 9.47 Å². The molecule has 0 fully saturated rings. The molecule has 0 aromatic heterocycles. The van der Waals surface area contributed by atoms with E-state index in [1.165, 1.54) is 32.1 Å². The number of hydrogen-bond acceptors (Lipinski definition) is 4. The van der Waals surface area contributed by atoms with Crippen LogP contribution in [0.2, 0.25) is 0 Å². The third kappa shape index (κ3) is 7.62. The Morgan fingerprint density at radius 2 is 1.42 bits per heavy atom. The predicted molar refractivity (Wildman–Crippen MR) is 95.3 cm³/mol. The van der Waals surface area contributed by atoms with E-state index >= 15 is 0 Å². The molecule has 1 atom stereocenters. The molecule has 24 heavy (non-hydrogen) atoms. The number of carbonyl (C=O) groups is 2. The molecule has 0 saturated heterocycles. The lowest BCUT2D eigenvalue weighted by Crippen LogP contribution is -2.15. The highest BCUT2D eigenvalue weighted by Gasteiger charge is 2.13. The van der Waals surface area contributed by atoms with Crippen LogP contribution >= 0.6 is 0 Å². The van der Waals surface area contributed by atoms with Crippen molar-refractivity contribution in [3.63, 3.8) is 0 Å². The maximum atomic E-state index is 12.1. The van der Waals surface area contributed by atoms with Crippen molar-refractivity contribution in [1.82, 2.24) is 0 Å². The third-order valence-electron chi connectivity index (χ3n) is 3.90. The van der Waals surface area contributed by atoms with Gasteiger partial charge in [0.1, 0.15) is 0 Å². The summed E-state index contributed by atoms with van der Waals surface area (Å²) in [6, 6.07) is 6.39. The predicted octanol–water partition coefficient (Wildman–Crippen LogP) is 5.16. The van der Waals surface area contributed by atoms with Crippen molar-refractivity contribution in [3.05, 3.63) is 35.4 Å². The molecule has 0 radical (unpaired) electrons. The molecule has 134 valence electrons. The number of carbonyl (C=O) groups excluding carboxylic acids is 2. The first-order valence-electron chi connectivity index (χ1n) is 9.06. The lowest BCUT2D eigenvalue weighted by atomic mass is 10.1. The van der Waals surface area contributed by atoms with Gasteiger partial charge in [-0.15, -0.1) is 0 Å². The van der Waals surface area contributed by atoms with Gasteiger partial charge in [-0.1, -0.05) is 39.0 Å². The van der Waals surface area contributed by atoms with Crippen molar-refractivity contribution in [2.45, 2.75) is 71.8 Å². The summed E-state index contributed by atoms with van der Waals surface area (Å²) in [5, 5.41) is 0. The number of rotatable bonds is 11. The van der Waals surface area contributed by atoms with E-state index in [0.717, 1.165) is 12.8 Å². The summed E-state index contributed by atoms with van der Waals surface area (Å²) in [6.45, 7) is 6.23. The molecule has 1 aromatic carbocycles. The SMILES string of the molecule is CCCCCCCCC(C)OC(=O)c1ccc(C(=O)OCC)cc1. The van der Waals surface area contributed by atoms with Crippen LogP contribution in [0.5, 0.6) is 0 Å². The molecule has 0 aliphatic rings. The molecule has 0 aliphatic carbocycles. The molecule has 0 amide bonds. The molecule has 0 aliphatic heterocycles. The fraction of sp³-hybridized carbons (Fsp3) is 0.600. The monoisotopic (exact) mass is 334 g/mol. The van der Waals surface area contributed by atoms with Gasteiger partial charge < -0.3 is 9.47 Å². The number of unbranched alkanes of at least 4 members (excludes halogenated alkanes) is 5. The Balaban J connectivity index is 2.34. The first kappa shape index (κ1) is 20.2. The van der Waals surface area contributed by atoms with Crippen LogP contribution in [0.25, 0.3) is 0 Å². The van der Waals surface area contributed by atoms with Crippen LogP contribution in [0, 0.1) is 0 Å². The maximum Gasteiger partial charge on any atom is 0.338 e. The zero-order valence-corrected chi connectivity index (χ0v) is 15.2. The smallest absolute Gasteiger partial charge is 0.338 e. The quantitative estimate of drug-likeness (QED) is 0.414. The highest BCUT2D eigenvalue weighted by Crippen LogP contribution is 2.13. The largest absolute Gasteiger partial charge is 0.462 e. The van der Waals surface area contributed by atoms with Gasteiger partial charge in [-0.3, -0.25) is 0 Å². The molecule has 0 spiro atoms. The normalized spacial score (nSPS) is 11.8. The lowest BCUT2D eigenvalue weighted by molar-refractivity contribution is 0.0318.